The van der Waals surface area contributed by atoms with Gasteiger partial charge in [-0.2, -0.15) is 11.8 Å². The molecule has 1 saturated heterocycles. The van der Waals surface area contributed by atoms with Crippen LogP contribution in [0.4, 0.5) is 4.79 Å². The monoisotopic (exact) mass is 263 g/mol. The maximum absolute atomic E-state index is 11.9. The van der Waals surface area contributed by atoms with Gasteiger partial charge in [0.2, 0.25) is 0 Å². The van der Waals surface area contributed by atoms with Gasteiger partial charge in [-0.15, -0.1) is 0 Å². The number of carbonyl (C=O) groups excluding carboxylic acids is 2. The van der Waals surface area contributed by atoms with E-state index in [9.17, 15) is 14.7 Å². The van der Waals surface area contributed by atoms with Crippen molar-refractivity contribution >= 4 is 23.7 Å². The summed E-state index contributed by atoms with van der Waals surface area (Å²) in [5.74, 6) is 0.335. The highest BCUT2D eigenvalue weighted by Crippen LogP contribution is 2.10. The Kier molecular flexibility index (Phi) is 5.52. The molecule has 1 heterocycles. The molecule has 0 radical (unpaired) electrons. The second kappa shape index (κ2) is 6.67. The molecule has 98 valence electrons. The molecular formula is C9H17N3O4S. The van der Waals surface area contributed by atoms with E-state index in [-0.39, 0.29) is 19.1 Å². The van der Waals surface area contributed by atoms with Crippen LogP contribution in [0.1, 0.15) is 6.42 Å². The van der Waals surface area contributed by atoms with E-state index in [1.807, 2.05) is 6.26 Å². The zero-order valence-electron chi connectivity index (χ0n) is 9.59. The van der Waals surface area contributed by atoms with Crippen LogP contribution in [0.2, 0.25) is 0 Å². The summed E-state index contributed by atoms with van der Waals surface area (Å²) < 4.78 is 0. The number of hydrogen-bond acceptors (Lipinski definition) is 5. The third kappa shape index (κ3) is 4.41. The average molecular weight is 263 g/mol. The molecular weight excluding hydrogens is 246 g/mol. The number of primary amides is 1. The number of hydroxylamine groups is 2. The van der Waals surface area contributed by atoms with Gasteiger partial charge in [0.05, 0.1) is 6.54 Å². The summed E-state index contributed by atoms with van der Waals surface area (Å²) in [6, 6.07) is -1.45. The smallest absolute Gasteiger partial charge is 0.312 e. The van der Waals surface area contributed by atoms with E-state index < -0.39 is 18.2 Å². The molecule has 0 aromatic rings. The Hall–Kier alpha value is -0.990. The summed E-state index contributed by atoms with van der Waals surface area (Å²) in [5.41, 5.74) is 5.01. The topological polar surface area (TPSA) is 105 Å². The first-order chi connectivity index (χ1) is 8.04. The van der Waals surface area contributed by atoms with E-state index in [4.69, 9.17) is 10.6 Å². The molecule has 1 rings (SSSR count). The molecule has 0 aromatic heterocycles. The minimum atomic E-state index is -0.746. The van der Waals surface area contributed by atoms with Crippen LogP contribution in [-0.4, -0.2) is 59.4 Å². The highest BCUT2D eigenvalue weighted by atomic mass is 32.2. The Labute approximate surface area is 104 Å². The van der Waals surface area contributed by atoms with Gasteiger partial charge >= 0.3 is 6.03 Å². The lowest BCUT2D eigenvalue weighted by molar-refractivity contribution is -0.170. The SMILES string of the molecule is CSCCC(NC(N)=O)C(=O)N1C[C@H](O)CO1. The van der Waals surface area contributed by atoms with Gasteiger partial charge in [-0.1, -0.05) is 0 Å². The minimum absolute atomic E-state index is 0.0948. The molecule has 7 nitrogen and oxygen atoms in total. The molecule has 0 spiro atoms. The van der Waals surface area contributed by atoms with E-state index in [1.54, 1.807) is 11.8 Å². The van der Waals surface area contributed by atoms with Gasteiger partial charge < -0.3 is 16.2 Å². The number of hydrogen-bond donors (Lipinski definition) is 3. The molecule has 2 atom stereocenters. The first-order valence-electron chi connectivity index (χ1n) is 5.22. The number of aliphatic hydroxyl groups is 1. The zero-order chi connectivity index (χ0) is 12.8. The highest BCUT2D eigenvalue weighted by molar-refractivity contribution is 7.98. The molecule has 1 aliphatic rings. The van der Waals surface area contributed by atoms with E-state index in [0.29, 0.717) is 12.2 Å². The minimum Gasteiger partial charge on any atom is -0.389 e. The number of urea groups is 1. The summed E-state index contributed by atoms with van der Waals surface area (Å²) >= 11 is 1.56. The Balaban J connectivity index is 2.55. The zero-order valence-corrected chi connectivity index (χ0v) is 10.4. The van der Waals surface area contributed by atoms with E-state index in [2.05, 4.69) is 5.32 Å². The maximum Gasteiger partial charge on any atom is 0.312 e. The fourth-order valence-corrected chi connectivity index (χ4v) is 1.94. The summed E-state index contributed by atoms with van der Waals surface area (Å²) in [6.07, 6.45) is 1.70. The lowest BCUT2D eigenvalue weighted by Crippen LogP contribution is -2.49. The fraction of sp³-hybridized carbons (Fsp3) is 0.778. The predicted octanol–water partition coefficient (Wildman–Crippen LogP) is -1.09. The highest BCUT2D eigenvalue weighted by Gasteiger charge is 2.31. The van der Waals surface area contributed by atoms with Crippen LogP contribution >= 0.6 is 11.8 Å². The van der Waals surface area contributed by atoms with Gasteiger partial charge in [0.15, 0.2) is 0 Å². The van der Waals surface area contributed by atoms with Crippen LogP contribution in [0.15, 0.2) is 0 Å². The molecule has 0 aromatic carbocycles. The number of rotatable bonds is 5. The molecule has 3 amide bonds. The number of β-amino-alcohol motifs (C(OH)–C–C–N with tert-alkyl or cyclic N) is 1. The Morgan fingerprint density at radius 2 is 2.41 bits per heavy atom. The van der Waals surface area contributed by atoms with Crippen molar-refractivity contribution in [1.82, 2.24) is 10.4 Å². The fourth-order valence-electron chi connectivity index (χ4n) is 1.47. The van der Waals surface area contributed by atoms with Crippen LogP contribution < -0.4 is 11.1 Å². The molecule has 8 heteroatoms. The van der Waals surface area contributed by atoms with Gasteiger partial charge in [0.25, 0.3) is 5.91 Å². The molecule has 1 aliphatic heterocycles. The molecule has 17 heavy (non-hydrogen) atoms. The Morgan fingerprint density at radius 3 is 2.88 bits per heavy atom. The second-order valence-electron chi connectivity index (χ2n) is 3.69. The van der Waals surface area contributed by atoms with Crippen molar-refractivity contribution in [2.45, 2.75) is 18.6 Å². The summed E-state index contributed by atoms with van der Waals surface area (Å²) in [5, 5.41) is 12.7. The number of amides is 3. The average Bonchev–Trinajstić information content (AvgIpc) is 2.69. The largest absolute Gasteiger partial charge is 0.389 e. The molecule has 0 saturated carbocycles. The summed E-state index contributed by atoms with van der Waals surface area (Å²) in [4.78, 5) is 27.7. The van der Waals surface area contributed by atoms with Gasteiger partial charge in [-0.25, -0.2) is 9.86 Å². The number of carbonyl (C=O) groups is 2. The van der Waals surface area contributed by atoms with Crippen molar-refractivity contribution < 1.29 is 19.5 Å². The number of thioether (sulfide) groups is 1. The first-order valence-corrected chi connectivity index (χ1v) is 6.61. The van der Waals surface area contributed by atoms with Crippen molar-refractivity contribution in [2.75, 3.05) is 25.2 Å². The van der Waals surface area contributed by atoms with Crippen LogP contribution in [0, 0.1) is 0 Å². The Morgan fingerprint density at radius 1 is 1.71 bits per heavy atom. The standard InChI is InChI=1S/C9H17N3O4S/c1-17-3-2-7(11-9(10)15)8(14)12-4-6(13)5-16-12/h6-7,13H,2-5H2,1H3,(H3,10,11,15)/t6-,7?/m0/s1. The van der Waals surface area contributed by atoms with Crippen LogP contribution in [0.3, 0.4) is 0 Å². The van der Waals surface area contributed by atoms with Crippen LogP contribution in [0.25, 0.3) is 0 Å². The van der Waals surface area contributed by atoms with E-state index >= 15 is 0 Å². The van der Waals surface area contributed by atoms with Crippen molar-refractivity contribution in [2.24, 2.45) is 5.73 Å². The lowest BCUT2D eigenvalue weighted by atomic mass is 10.2. The third-order valence-electron chi connectivity index (χ3n) is 2.27. The normalized spacial score (nSPS) is 21.3. The van der Waals surface area contributed by atoms with Crippen molar-refractivity contribution in [3.63, 3.8) is 0 Å². The van der Waals surface area contributed by atoms with Gasteiger partial charge in [0, 0.05) is 0 Å². The number of nitrogens with one attached hydrogen (secondary N) is 1. The summed E-state index contributed by atoms with van der Waals surface area (Å²) in [6.45, 7) is 0.215. The summed E-state index contributed by atoms with van der Waals surface area (Å²) in [7, 11) is 0. The van der Waals surface area contributed by atoms with E-state index in [1.165, 1.54) is 0 Å². The quantitative estimate of drug-likeness (QED) is 0.584. The molecule has 0 bridgehead atoms. The van der Waals surface area contributed by atoms with Crippen molar-refractivity contribution in [1.29, 1.82) is 0 Å². The number of aliphatic hydroxyl groups excluding tert-OH is 1. The van der Waals surface area contributed by atoms with Crippen LogP contribution in [0.5, 0.6) is 0 Å². The second-order valence-corrected chi connectivity index (χ2v) is 4.68. The van der Waals surface area contributed by atoms with E-state index in [0.717, 1.165) is 5.06 Å². The molecule has 0 aliphatic carbocycles. The molecule has 4 N–H and O–H groups in total. The van der Waals surface area contributed by atoms with Gasteiger partial charge in [-0.05, 0) is 18.4 Å². The van der Waals surface area contributed by atoms with Crippen molar-refractivity contribution in [3.8, 4) is 0 Å². The van der Waals surface area contributed by atoms with Gasteiger partial charge in [0.1, 0.15) is 18.8 Å². The number of nitrogens with zero attached hydrogens (tertiary/aromatic N) is 1. The lowest BCUT2D eigenvalue weighted by Gasteiger charge is -2.21. The first kappa shape index (κ1) is 14.1. The number of nitrogens with two attached hydrogens (primary N) is 1. The predicted molar refractivity (Wildman–Crippen MR) is 63.2 cm³/mol. The Bertz CT molecular complexity index is 289. The van der Waals surface area contributed by atoms with Crippen molar-refractivity contribution in [3.05, 3.63) is 0 Å². The molecule has 1 fully saturated rings. The van der Waals surface area contributed by atoms with Crippen LogP contribution in [-0.2, 0) is 9.63 Å². The molecule has 1 unspecified atom stereocenters. The van der Waals surface area contributed by atoms with Gasteiger partial charge in [-0.3, -0.25) is 9.63 Å². The third-order valence-corrected chi connectivity index (χ3v) is 2.91. The maximum atomic E-state index is 11.9.